The van der Waals surface area contributed by atoms with Gasteiger partial charge in [0.2, 0.25) is 5.88 Å². The molecule has 0 bridgehead atoms. The van der Waals surface area contributed by atoms with Gasteiger partial charge >= 0.3 is 0 Å². The number of aryl methyl sites for hydroxylation is 1. The van der Waals surface area contributed by atoms with E-state index in [1.807, 2.05) is 38.2 Å². The van der Waals surface area contributed by atoms with Crippen molar-refractivity contribution in [3.8, 4) is 5.88 Å². The molecule has 3 rings (SSSR count). The zero-order valence-electron chi connectivity index (χ0n) is 14.5. The van der Waals surface area contributed by atoms with Gasteiger partial charge in [-0.1, -0.05) is 5.16 Å². The molecule has 130 valence electrons. The third-order valence-corrected chi connectivity index (χ3v) is 5.18. The van der Waals surface area contributed by atoms with Gasteiger partial charge in [0.15, 0.2) is 0 Å². The first-order valence-electron chi connectivity index (χ1n) is 8.26. The molecule has 0 spiro atoms. The van der Waals surface area contributed by atoms with Crippen molar-refractivity contribution in [3.63, 3.8) is 0 Å². The number of aliphatic imine (C=N–C) groups is 1. The minimum atomic E-state index is 0.106. The molecule has 2 heterocycles. The fourth-order valence-corrected chi connectivity index (χ4v) is 3.39. The van der Waals surface area contributed by atoms with Crippen molar-refractivity contribution in [2.75, 3.05) is 13.6 Å². The van der Waals surface area contributed by atoms with Crippen LogP contribution in [0, 0.1) is 12.8 Å². The molecule has 0 N–H and O–H groups in total. The molecule has 24 heavy (non-hydrogen) atoms. The summed E-state index contributed by atoms with van der Waals surface area (Å²) in [5.74, 6) is 0.998. The van der Waals surface area contributed by atoms with Crippen molar-refractivity contribution in [1.82, 2.24) is 9.88 Å². The highest BCUT2D eigenvalue weighted by atomic mass is 79.9. The van der Waals surface area contributed by atoms with E-state index in [9.17, 15) is 0 Å². The highest BCUT2D eigenvalue weighted by Gasteiger charge is 2.42. The Morgan fingerprint density at radius 2 is 2.25 bits per heavy atom. The summed E-state index contributed by atoms with van der Waals surface area (Å²) < 4.78 is 6.94. The molecule has 0 amide bonds. The molecule has 1 fully saturated rings. The van der Waals surface area contributed by atoms with E-state index >= 15 is 0 Å². The maximum absolute atomic E-state index is 6.12. The smallest absolute Gasteiger partial charge is 0.228 e. The monoisotopic (exact) mass is 394 g/mol. The summed E-state index contributed by atoms with van der Waals surface area (Å²) in [6.45, 7) is 6.96. The van der Waals surface area contributed by atoms with Crippen molar-refractivity contribution in [3.05, 3.63) is 16.2 Å². The van der Waals surface area contributed by atoms with Gasteiger partial charge in [-0.2, -0.15) is 0 Å². The van der Waals surface area contributed by atoms with E-state index < -0.39 is 0 Å². The van der Waals surface area contributed by atoms with E-state index in [0.29, 0.717) is 11.8 Å². The minimum Gasteiger partial charge on any atom is -0.473 e. The molecule has 3 atom stereocenters. The van der Waals surface area contributed by atoms with Crippen LogP contribution in [0.4, 0.5) is 5.69 Å². The average Bonchev–Trinajstić information content (AvgIpc) is 3.10. The van der Waals surface area contributed by atoms with Crippen molar-refractivity contribution in [2.24, 2.45) is 16.1 Å². The standard InChI is InChI=1S/C17H23BrN4O2/c1-5-22(4)9-19-15-8-14(18)17(20-11(15)3)23-12-6-13-10(2)21-24-16(13)7-12/h8-9,12-13,16H,5-7H2,1-4H3/b19-9+/t12-,13+,16+/m1/s1. The average molecular weight is 395 g/mol. The first kappa shape index (κ1) is 17.2. The van der Waals surface area contributed by atoms with E-state index in [1.165, 1.54) is 0 Å². The molecule has 0 saturated heterocycles. The third kappa shape index (κ3) is 3.55. The van der Waals surface area contributed by atoms with Crippen LogP contribution in [-0.2, 0) is 4.84 Å². The van der Waals surface area contributed by atoms with Gasteiger partial charge in [0, 0.05) is 25.9 Å². The van der Waals surface area contributed by atoms with E-state index in [2.05, 4.69) is 38.0 Å². The van der Waals surface area contributed by atoms with Crippen molar-refractivity contribution < 1.29 is 9.57 Å². The third-order valence-electron chi connectivity index (χ3n) is 4.61. The lowest BCUT2D eigenvalue weighted by Crippen LogP contribution is -2.16. The van der Waals surface area contributed by atoms with E-state index in [1.54, 1.807) is 0 Å². The lowest BCUT2D eigenvalue weighted by Gasteiger charge is -2.15. The number of halogens is 1. The van der Waals surface area contributed by atoms with Crippen LogP contribution >= 0.6 is 15.9 Å². The number of pyridine rings is 1. The van der Waals surface area contributed by atoms with E-state index in [4.69, 9.17) is 9.57 Å². The molecule has 1 aromatic heterocycles. The summed E-state index contributed by atoms with van der Waals surface area (Å²) in [5, 5.41) is 4.06. The van der Waals surface area contributed by atoms with Crippen LogP contribution in [-0.4, -0.2) is 47.7 Å². The maximum Gasteiger partial charge on any atom is 0.228 e. The summed E-state index contributed by atoms with van der Waals surface area (Å²) in [4.78, 5) is 16.5. The number of ether oxygens (including phenoxy) is 1. The summed E-state index contributed by atoms with van der Waals surface area (Å²) in [7, 11) is 1.99. The number of nitrogens with zero attached hydrogens (tertiary/aromatic N) is 4. The number of hydrogen-bond acceptors (Lipinski definition) is 5. The zero-order chi connectivity index (χ0) is 17.3. The van der Waals surface area contributed by atoms with Crippen LogP contribution < -0.4 is 4.74 Å². The number of fused-ring (bicyclic) bond motifs is 1. The molecule has 0 unspecified atom stereocenters. The normalized spacial score (nSPS) is 25.5. The van der Waals surface area contributed by atoms with Gasteiger partial charge in [0.25, 0.3) is 0 Å². The Labute approximate surface area is 151 Å². The zero-order valence-corrected chi connectivity index (χ0v) is 16.1. The quantitative estimate of drug-likeness (QED) is 0.564. The number of aromatic nitrogens is 1. The summed E-state index contributed by atoms with van der Waals surface area (Å²) in [6.07, 6.45) is 3.85. The van der Waals surface area contributed by atoms with Crippen molar-refractivity contribution >= 4 is 33.7 Å². The Morgan fingerprint density at radius 3 is 2.96 bits per heavy atom. The molecule has 2 aliphatic rings. The Balaban J connectivity index is 1.70. The minimum absolute atomic E-state index is 0.106. The summed E-state index contributed by atoms with van der Waals surface area (Å²) >= 11 is 3.56. The van der Waals surface area contributed by atoms with Crippen LogP contribution in [0.5, 0.6) is 5.88 Å². The van der Waals surface area contributed by atoms with Gasteiger partial charge in [0.05, 0.1) is 27.9 Å². The number of oxime groups is 1. The second-order valence-corrected chi connectivity index (χ2v) is 7.25. The molecule has 0 aromatic carbocycles. The topological polar surface area (TPSA) is 59.3 Å². The fraction of sp³-hybridized carbons (Fsp3) is 0.588. The Hall–Kier alpha value is -1.63. The molecular formula is C17H23BrN4O2. The van der Waals surface area contributed by atoms with Gasteiger partial charge < -0.3 is 14.5 Å². The van der Waals surface area contributed by atoms with Crippen LogP contribution in [0.3, 0.4) is 0 Å². The van der Waals surface area contributed by atoms with Crippen LogP contribution in [0.15, 0.2) is 20.7 Å². The molecule has 1 aliphatic carbocycles. The predicted octanol–water partition coefficient (Wildman–Crippen LogP) is 3.70. The number of rotatable bonds is 5. The van der Waals surface area contributed by atoms with Crippen molar-refractivity contribution in [1.29, 1.82) is 0 Å². The Morgan fingerprint density at radius 1 is 1.46 bits per heavy atom. The second-order valence-electron chi connectivity index (χ2n) is 6.39. The van der Waals surface area contributed by atoms with Gasteiger partial charge in [-0.05, 0) is 49.2 Å². The van der Waals surface area contributed by atoms with Gasteiger partial charge in [-0.25, -0.2) is 9.98 Å². The highest BCUT2D eigenvalue weighted by molar-refractivity contribution is 9.10. The lowest BCUT2D eigenvalue weighted by atomic mass is 10.0. The van der Waals surface area contributed by atoms with Gasteiger partial charge in [-0.15, -0.1) is 0 Å². The van der Waals surface area contributed by atoms with E-state index in [0.717, 1.165) is 41.0 Å². The molecule has 7 heteroatoms. The maximum atomic E-state index is 6.12. The van der Waals surface area contributed by atoms with E-state index in [-0.39, 0.29) is 12.2 Å². The summed E-state index contributed by atoms with van der Waals surface area (Å²) in [6, 6.07) is 1.96. The Bertz CT molecular complexity index is 677. The first-order valence-corrected chi connectivity index (χ1v) is 9.05. The number of hydrogen-bond donors (Lipinski definition) is 0. The molecule has 6 nitrogen and oxygen atoms in total. The first-order chi connectivity index (χ1) is 11.5. The van der Waals surface area contributed by atoms with Gasteiger partial charge in [0.1, 0.15) is 12.2 Å². The van der Waals surface area contributed by atoms with Crippen LogP contribution in [0.25, 0.3) is 0 Å². The largest absolute Gasteiger partial charge is 0.473 e. The highest BCUT2D eigenvalue weighted by Crippen LogP contribution is 2.38. The Kier molecular flexibility index (Phi) is 5.08. The lowest BCUT2D eigenvalue weighted by molar-refractivity contribution is 0.0639. The SMILES string of the molecule is CCN(C)/C=N/c1cc(Br)c(O[C@H]2C[C@@H]3ON=C(C)[C@@H]3C2)nc1C. The van der Waals surface area contributed by atoms with Crippen LogP contribution in [0.1, 0.15) is 32.4 Å². The van der Waals surface area contributed by atoms with Crippen molar-refractivity contribution in [2.45, 2.75) is 45.8 Å². The second kappa shape index (κ2) is 7.09. The van der Waals surface area contributed by atoms with Crippen LogP contribution in [0.2, 0.25) is 0 Å². The van der Waals surface area contributed by atoms with Gasteiger partial charge in [-0.3, -0.25) is 0 Å². The summed E-state index contributed by atoms with van der Waals surface area (Å²) in [5.41, 5.74) is 2.75. The molecular weight excluding hydrogens is 372 g/mol. The fourth-order valence-electron chi connectivity index (χ4n) is 2.99. The molecule has 1 saturated carbocycles. The molecule has 0 radical (unpaired) electrons. The molecule has 1 aliphatic heterocycles. The predicted molar refractivity (Wildman–Crippen MR) is 98.3 cm³/mol. The molecule has 1 aromatic rings.